The van der Waals surface area contributed by atoms with Crippen LogP contribution in [-0.4, -0.2) is 31.8 Å². The molecule has 17 heavy (non-hydrogen) atoms. The van der Waals surface area contributed by atoms with Crippen molar-refractivity contribution < 1.29 is 4.74 Å². The first-order chi connectivity index (χ1) is 8.18. The van der Waals surface area contributed by atoms with Gasteiger partial charge in [-0.15, -0.1) is 0 Å². The second-order valence-corrected chi connectivity index (χ2v) is 4.72. The molecule has 0 saturated carbocycles. The molecular formula is C13H25N3O. The van der Waals surface area contributed by atoms with Crippen molar-refractivity contribution in [3.63, 3.8) is 0 Å². The van der Waals surface area contributed by atoms with Gasteiger partial charge >= 0.3 is 0 Å². The number of nitrogens with two attached hydrogens (primary N) is 1. The van der Waals surface area contributed by atoms with Crippen molar-refractivity contribution in [1.29, 1.82) is 0 Å². The number of nitrogens with one attached hydrogen (secondary N) is 1. The number of aliphatic imine (C=N–C) groups is 1. The molecule has 1 unspecified atom stereocenters. The molecule has 1 fully saturated rings. The van der Waals surface area contributed by atoms with E-state index in [1.807, 2.05) is 6.92 Å². The summed E-state index contributed by atoms with van der Waals surface area (Å²) < 4.78 is 5.66. The lowest BCUT2D eigenvalue weighted by Crippen LogP contribution is -2.33. The Labute approximate surface area is 104 Å². The SMILES string of the molecule is C=C(C)CN=C(N)NCCCC1CCCCO1. The van der Waals surface area contributed by atoms with E-state index >= 15 is 0 Å². The van der Waals surface area contributed by atoms with Gasteiger partial charge in [-0.25, -0.2) is 4.99 Å². The molecule has 3 N–H and O–H groups in total. The molecule has 0 bridgehead atoms. The average Bonchev–Trinajstić information content (AvgIpc) is 2.33. The highest BCUT2D eigenvalue weighted by Gasteiger charge is 2.12. The minimum Gasteiger partial charge on any atom is -0.378 e. The highest BCUT2D eigenvalue weighted by Crippen LogP contribution is 2.16. The number of hydrogen-bond acceptors (Lipinski definition) is 2. The van der Waals surface area contributed by atoms with E-state index in [0.717, 1.165) is 31.6 Å². The fraction of sp³-hybridized carbons (Fsp3) is 0.769. The Bertz CT molecular complexity index is 257. The van der Waals surface area contributed by atoms with Crippen molar-refractivity contribution in [3.05, 3.63) is 12.2 Å². The smallest absolute Gasteiger partial charge is 0.188 e. The Morgan fingerprint density at radius 1 is 1.53 bits per heavy atom. The minimum absolute atomic E-state index is 0.458. The first kappa shape index (κ1) is 14.0. The summed E-state index contributed by atoms with van der Waals surface area (Å²) in [5.41, 5.74) is 6.73. The quantitative estimate of drug-likeness (QED) is 0.322. The minimum atomic E-state index is 0.458. The van der Waals surface area contributed by atoms with Gasteiger partial charge < -0.3 is 15.8 Å². The van der Waals surface area contributed by atoms with E-state index in [9.17, 15) is 0 Å². The van der Waals surface area contributed by atoms with Crippen LogP contribution in [0.4, 0.5) is 0 Å². The number of nitrogens with zero attached hydrogens (tertiary/aromatic N) is 1. The molecule has 0 amide bonds. The third-order valence-electron chi connectivity index (χ3n) is 2.80. The summed E-state index contributed by atoms with van der Waals surface area (Å²) in [6, 6.07) is 0. The third kappa shape index (κ3) is 7.00. The summed E-state index contributed by atoms with van der Waals surface area (Å²) in [5, 5.41) is 3.11. The number of ether oxygens (including phenoxy) is 1. The maximum absolute atomic E-state index is 5.71. The molecule has 1 rings (SSSR count). The van der Waals surface area contributed by atoms with Gasteiger partial charge in [0.1, 0.15) is 0 Å². The van der Waals surface area contributed by atoms with Crippen LogP contribution in [0.3, 0.4) is 0 Å². The molecule has 0 aromatic carbocycles. The van der Waals surface area contributed by atoms with Crippen molar-refractivity contribution in [2.45, 2.75) is 45.1 Å². The van der Waals surface area contributed by atoms with Crippen molar-refractivity contribution in [2.75, 3.05) is 19.7 Å². The van der Waals surface area contributed by atoms with Crippen molar-refractivity contribution in [3.8, 4) is 0 Å². The van der Waals surface area contributed by atoms with Gasteiger partial charge in [-0.2, -0.15) is 0 Å². The lowest BCUT2D eigenvalue weighted by Gasteiger charge is -2.22. The van der Waals surface area contributed by atoms with Crippen molar-refractivity contribution in [1.82, 2.24) is 5.32 Å². The van der Waals surface area contributed by atoms with Crippen LogP contribution in [-0.2, 0) is 4.74 Å². The van der Waals surface area contributed by atoms with E-state index < -0.39 is 0 Å². The van der Waals surface area contributed by atoms with Gasteiger partial charge in [-0.05, 0) is 39.0 Å². The lowest BCUT2D eigenvalue weighted by molar-refractivity contribution is 0.0104. The first-order valence-electron chi connectivity index (χ1n) is 6.48. The topological polar surface area (TPSA) is 59.6 Å². The van der Waals surface area contributed by atoms with Crippen LogP contribution in [0.2, 0.25) is 0 Å². The molecule has 0 aromatic rings. The second-order valence-electron chi connectivity index (χ2n) is 4.72. The number of guanidine groups is 1. The fourth-order valence-electron chi connectivity index (χ4n) is 1.86. The Hall–Kier alpha value is -1.03. The van der Waals surface area contributed by atoms with Crippen LogP contribution >= 0.6 is 0 Å². The Kier molecular flexibility index (Phi) is 6.70. The summed E-state index contributed by atoms with van der Waals surface area (Å²) in [6.07, 6.45) is 6.38. The Morgan fingerprint density at radius 2 is 2.35 bits per heavy atom. The molecule has 0 spiro atoms. The van der Waals surface area contributed by atoms with Gasteiger partial charge in [-0.1, -0.05) is 12.2 Å². The van der Waals surface area contributed by atoms with Crippen LogP contribution in [0, 0.1) is 0 Å². The van der Waals surface area contributed by atoms with Crippen molar-refractivity contribution >= 4 is 5.96 Å². The van der Waals surface area contributed by atoms with Gasteiger partial charge in [0.15, 0.2) is 5.96 Å². The summed E-state index contributed by atoms with van der Waals surface area (Å²) in [5.74, 6) is 0.512. The molecule has 1 aliphatic rings. The molecule has 0 aromatic heterocycles. The second kappa shape index (κ2) is 8.12. The Balaban J connectivity index is 2.02. The van der Waals surface area contributed by atoms with E-state index in [0.29, 0.717) is 18.6 Å². The molecule has 1 aliphatic heterocycles. The summed E-state index contributed by atoms with van der Waals surface area (Å²) in [7, 11) is 0. The molecule has 0 aliphatic carbocycles. The predicted octanol–water partition coefficient (Wildman–Crippen LogP) is 1.82. The van der Waals surface area contributed by atoms with E-state index in [2.05, 4.69) is 16.9 Å². The molecule has 0 radical (unpaired) electrons. The van der Waals surface area contributed by atoms with Crippen LogP contribution in [0.25, 0.3) is 0 Å². The van der Waals surface area contributed by atoms with Crippen molar-refractivity contribution in [2.24, 2.45) is 10.7 Å². The monoisotopic (exact) mass is 239 g/mol. The van der Waals surface area contributed by atoms with Gasteiger partial charge in [0.2, 0.25) is 0 Å². The van der Waals surface area contributed by atoms with Gasteiger partial charge in [0, 0.05) is 13.2 Å². The first-order valence-corrected chi connectivity index (χ1v) is 6.48. The summed E-state index contributed by atoms with van der Waals surface area (Å²) in [6.45, 7) is 8.12. The van der Waals surface area contributed by atoms with Gasteiger partial charge in [0.25, 0.3) is 0 Å². The number of hydrogen-bond donors (Lipinski definition) is 2. The van der Waals surface area contributed by atoms with Crippen LogP contribution in [0.5, 0.6) is 0 Å². The molecule has 4 heteroatoms. The predicted molar refractivity (Wildman–Crippen MR) is 72.1 cm³/mol. The molecular weight excluding hydrogens is 214 g/mol. The maximum atomic E-state index is 5.71. The fourth-order valence-corrected chi connectivity index (χ4v) is 1.86. The third-order valence-corrected chi connectivity index (χ3v) is 2.80. The highest BCUT2D eigenvalue weighted by atomic mass is 16.5. The zero-order valence-electron chi connectivity index (χ0n) is 10.9. The molecule has 98 valence electrons. The van der Waals surface area contributed by atoms with Gasteiger partial charge in [-0.3, -0.25) is 0 Å². The normalized spacial score (nSPS) is 21.2. The van der Waals surface area contributed by atoms with E-state index in [1.54, 1.807) is 0 Å². The lowest BCUT2D eigenvalue weighted by atomic mass is 10.0. The zero-order chi connectivity index (χ0) is 12.5. The maximum Gasteiger partial charge on any atom is 0.188 e. The molecule has 4 nitrogen and oxygen atoms in total. The highest BCUT2D eigenvalue weighted by molar-refractivity contribution is 5.77. The molecule has 1 saturated heterocycles. The zero-order valence-corrected chi connectivity index (χ0v) is 10.9. The average molecular weight is 239 g/mol. The van der Waals surface area contributed by atoms with Crippen LogP contribution in [0.1, 0.15) is 39.0 Å². The van der Waals surface area contributed by atoms with Gasteiger partial charge in [0.05, 0.1) is 12.6 Å². The number of rotatable bonds is 6. The largest absolute Gasteiger partial charge is 0.378 e. The van der Waals surface area contributed by atoms with E-state index in [1.165, 1.54) is 19.3 Å². The molecule has 1 atom stereocenters. The Morgan fingerprint density at radius 3 is 3.00 bits per heavy atom. The summed E-state index contributed by atoms with van der Waals surface area (Å²) in [4.78, 5) is 4.16. The molecule has 1 heterocycles. The van der Waals surface area contributed by atoms with Crippen LogP contribution in [0.15, 0.2) is 17.1 Å². The summed E-state index contributed by atoms with van der Waals surface area (Å²) >= 11 is 0. The van der Waals surface area contributed by atoms with E-state index in [-0.39, 0.29) is 0 Å². The standard InChI is InChI=1S/C13H25N3O/c1-11(2)10-16-13(14)15-8-5-7-12-6-3-4-9-17-12/h12H,1,3-10H2,2H3,(H3,14,15,16). The van der Waals surface area contributed by atoms with Crippen LogP contribution < -0.4 is 11.1 Å². The van der Waals surface area contributed by atoms with E-state index in [4.69, 9.17) is 10.5 Å².